The fourth-order valence-corrected chi connectivity index (χ4v) is 2.05. The minimum absolute atomic E-state index is 0.00485. The summed E-state index contributed by atoms with van der Waals surface area (Å²) in [5.74, 6) is -0.0608. The number of anilines is 3. The average Bonchev–Trinajstić information content (AvgIpc) is 3.08. The van der Waals surface area contributed by atoms with E-state index in [-0.39, 0.29) is 29.6 Å². The molecule has 8 nitrogen and oxygen atoms in total. The van der Waals surface area contributed by atoms with Crippen LogP contribution >= 0.6 is 0 Å². The maximum Gasteiger partial charge on any atom is 0.353 e. The molecule has 0 saturated carbocycles. The Labute approximate surface area is 135 Å². The molecule has 1 aromatic carbocycles. The number of benzene rings is 1. The zero-order valence-corrected chi connectivity index (χ0v) is 12.3. The molecule has 9 heteroatoms. The Balaban J connectivity index is 1.90. The first-order chi connectivity index (χ1) is 11.6. The van der Waals surface area contributed by atoms with Crippen LogP contribution in [0.2, 0.25) is 0 Å². The van der Waals surface area contributed by atoms with Crippen LogP contribution in [0, 0.1) is 15.9 Å². The van der Waals surface area contributed by atoms with Crippen molar-refractivity contribution >= 4 is 23.0 Å². The Morgan fingerprint density at radius 3 is 2.67 bits per heavy atom. The third-order valence-corrected chi connectivity index (χ3v) is 3.14. The summed E-state index contributed by atoms with van der Waals surface area (Å²) in [6.07, 6.45) is 2.65. The van der Waals surface area contributed by atoms with Crippen LogP contribution in [0.5, 0.6) is 0 Å². The lowest BCUT2D eigenvalue weighted by Gasteiger charge is -2.10. The van der Waals surface area contributed by atoms with E-state index < -0.39 is 10.7 Å². The van der Waals surface area contributed by atoms with Gasteiger partial charge in [0.2, 0.25) is 11.6 Å². The van der Waals surface area contributed by atoms with Gasteiger partial charge in [0, 0.05) is 0 Å². The first kappa shape index (κ1) is 15.4. The van der Waals surface area contributed by atoms with Gasteiger partial charge in [-0.2, -0.15) is 0 Å². The van der Waals surface area contributed by atoms with Gasteiger partial charge in [-0.1, -0.05) is 12.1 Å². The highest BCUT2D eigenvalue weighted by atomic mass is 19.1. The Kier molecular flexibility index (Phi) is 4.32. The molecular formula is C15H12FN5O3. The van der Waals surface area contributed by atoms with Crippen LogP contribution < -0.4 is 10.6 Å². The van der Waals surface area contributed by atoms with Crippen molar-refractivity contribution in [1.29, 1.82) is 0 Å². The van der Waals surface area contributed by atoms with E-state index in [0.717, 1.165) is 6.33 Å². The van der Waals surface area contributed by atoms with Crippen LogP contribution in [0.4, 0.5) is 27.4 Å². The highest BCUT2D eigenvalue weighted by molar-refractivity contribution is 5.73. The van der Waals surface area contributed by atoms with Gasteiger partial charge in [0.25, 0.3) is 0 Å². The summed E-state index contributed by atoms with van der Waals surface area (Å²) in [6.45, 7) is 0.212. The summed E-state index contributed by atoms with van der Waals surface area (Å²) in [5, 5.41) is 16.8. The molecular weight excluding hydrogens is 317 g/mol. The molecule has 2 heterocycles. The van der Waals surface area contributed by atoms with Gasteiger partial charge in [0.15, 0.2) is 0 Å². The van der Waals surface area contributed by atoms with Crippen LogP contribution in [0.1, 0.15) is 5.76 Å². The number of furan rings is 1. The lowest BCUT2D eigenvalue weighted by Crippen LogP contribution is -2.08. The molecule has 0 bridgehead atoms. The Hall–Kier alpha value is -3.49. The van der Waals surface area contributed by atoms with Crippen LogP contribution in [-0.4, -0.2) is 14.9 Å². The molecule has 2 N–H and O–H groups in total. The van der Waals surface area contributed by atoms with Crippen molar-refractivity contribution in [2.75, 3.05) is 10.6 Å². The largest absolute Gasteiger partial charge is 0.467 e. The highest BCUT2D eigenvalue weighted by Crippen LogP contribution is 2.31. The number of para-hydroxylation sites is 1. The summed E-state index contributed by atoms with van der Waals surface area (Å²) >= 11 is 0. The van der Waals surface area contributed by atoms with Crippen LogP contribution in [0.25, 0.3) is 0 Å². The molecule has 0 spiro atoms. The maximum atomic E-state index is 13.7. The van der Waals surface area contributed by atoms with Crippen LogP contribution in [-0.2, 0) is 6.54 Å². The van der Waals surface area contributed by atoms with Gasteiger partial charge >= 0.3 is 5.69 Å². The second-order valence-electron chi connectivity index (χ2n) is 4.71. The monoisotopic (exact) mass is 329 g/mol. The predicted octanol–water partition coefficient (Wildman–Crippen LogP) is 3.47. The Morgan fingerprint density at radius 1 is 1.17 bits per heavy atom. The van der Waals surface area contributed by atoms with Crippen molar-refractivity contribution in [2.24, 2.45) is 0 Å². The van der Waals surface area contributed by atoms with Crippen molar-refractivity contribution in [3.8, 4) is 0 Å². The molecule has 0 radical (unpaired) electrons. The van der Waals surface area contributed by atoms with Crippen LogP contribution in [0.3, 0.4) is 0 Å². The van der Waals surface area contributed by atoms with Gasteiger partial charge in [-0.15, -0.1) is 0 Å². The molecule has 0 fully saturated rings. The SMILES string of the molecule is O=[N+]([O-])c1c(NCc2ccco2)ncnc1Nc1ccccc1F. The van der Waals surface area contributed by atoms with E-state index >= 15 is 0 Å². The standard InChI is InChI=1S/C15H12FN5O3/c16-11-5-1-2-6-12(11)20-15-13(21(22)23)14(18-9-19-15)17-8-10-4-3-7-24-10/h1-7,9H,8H2,(H2,17,18,19,20). The second kappa shape index (κ2) is 6.73. The molecule has 0 aliphatic carbocycles. The van der Waals surface area contributed by atoms with Gasteiger partial charge in [-0.05, 0) is 24.3 Å². The van der Waals surface area contributed by atoms with Crippen molar-refractivity contribution in [3.05, 3.63) is 70.7 Å². The fraction of sp³-hybridized carbons (Fsp3) is 0.0667. The normalized spacial score (nSPS) is 10.4. The van der Waals surface area contributed by atoms with E-state index in [1.807, 2.05) is 0 Å². The van der Waals surface area contributed by atoms with Gasteiger partial charge in [0.1, 0.15) is 17.9 Å². The molecule has 3 rings (SSSR count). The molecule has 24 heavy (non-hydrogen) atoms. The zero-order chi connectivity index (χ0) is 16.9. The average molecular weight is 329 g/mol. The second-order valence-corrected chi connectivity index (χ2v) is 4.71. The summed E-state index contributed by atoms with van der Waals surface area (Å²) in [7, 11) is 0. The number of hydrogen-bond acceptors (Lipinski definition) is 7. The van der Waals surface area contributed by atoms with Gasteiger partial charge in [-0.25, -0.2) is 14.4 Å². The number of nitrogens with one attached hydrogen (secondary N) is 2. The zero-order valence-electron chi connectivity index (χ0n) is 12.3. The van der Waals surface area contributed by atoms with Gasteiger partial charge < -0.3 is 15.1 Å². The molecule has 0 aliphatic rings. The number of hydrogen-bond donors (Lipinski definition) is 2. The number of nitrogens with zero attached hydrogens (tertiary/aromatic N) is 3. The van der Waals surface area contributed by atoms with E-state index in [1.165, 1.54) is 24.5 Å². The number of nitro groups is 1. The van der Waals surface area contributed by atoms with Crippen molar-refractivity contribution in [3.63, 3.8) is 0 Å². The smallest absolute Gasteiger partial charge is 0.353 e. The molecule has 0 saturated heterocycles. The Bertz CT molecular complexity index is 854. The summed E-state index contributed by atoms with van der Waals surface area (Å²) in [5.41, 5.74) is -0.302. The molecule has 0 unspecified atom stereocenters. The van der Waals surface area contributed by atoms with Crippen LogP contribution in [0.15, 0.2) is 53.4 Å². The number of rotatable bonds is 6. The minimum Gasteiger partial charge on any atom is -0.467 e. The first-order valence-corrected chi connectivity index (χ1v) is 6.92. The van der Waals surface area contributed by atoms with E-state index in [0.29, 0.717) is 5.76 Å². The lowest BCUT2D eigenvalue weighted by molar-refractivity contribution is -0.383. The van der Waals surface area contributed by atoms with Crippen molar-refractivity contribution in [2.45, 2.75) is 6.54 Å². The molecule has 0 aliphatic heterocycles. The third kappa shape index (κ3) is 3.29. The highest BCUT2D eigenvalue weighted by Gasteiger charge is 2.23. The molecule has 2 aromatic heterocycles. The number of halogens is 1. The molecule has 0 atom stereocenters. The molecule has 3 aromatic rings. The van der Waals surface area contributed by atoms with E-state index in [2.05, 4.69) is 20.6 Å². The Morgan fingerprint density at radius 2 is 1.96 bits per heavy atom. The quantitative estimate of drug-likeness (QED) is 0.527. The van der Waals surface area contributed by atoms with Gasteiger partial charge in [-0.3, -0.25) is 10.1 Å². The van der Waals surface area contributed by atoms with Crippen molar-refractivity contribution in [1.82, 2.24) is 9.97 Å². The van der Waals surface area contributed by atoms with E-state index in [4.69, 9.17) is 4.42 Å². The predicted molar refractivity (Wildman–Crippen MR) is 84.4 cm³/mol. The van der Waals surface area contributed by atoms with E-state index in [1.54, 1.807) is 18.2 Å². The lowest BCUT2D eigenvalue weighted by atomic mass is 10.3. The van der Waals surface area contributed by atoms with Gasteiger partial charge in [0.05, 0.1) is 23.4 Å². The molecule has 122 valence electrons. The molecule has 0 amide bonds. The fourth-order valence-electron chi connectivity index (χ4n) is 2.05. The maximum absolute atomic E-state index is 13.7. The summed E-state index contributed by atoms with van der Waals surface area (Å²) in [6, 6.07) is 9.25. The number of aromatic nitrogens is 2. The summed E-state index contributed by atoms with van der Waals surface area (Å²) in [4.78, 5) is 18.5. The summed E-state index contributed by atoms with van der Waals surface area (Å²) < 4.78 is 18.9. The minimum atomic E-state index is -0.631. The van der Waals surface area contributed by atoms with E-state index in [9.17, 15) is 14.5 Å². The third-order valence-electron chi connectivity index (χ3n) is 3.14. The topological polar surface area (TPSA) is 106 Å². The van der Waals surface area contributed by atoms with Crippen molar-refractivity contribution < 1.29 is 13.7 Å². The first-order valence-electron chi connectivity index (χ1n) is 6.92.